The molecule has 0 spiro atoms. The number of rotatable bonds is 4. The number of benzene rings is 2. The molecular weight excluding hydrogens is 348 g/mol. The molecule has 0 aromatic heterocycles. The van der Waals surface area contributed by atoms with Crippen LogP contribution in [-0.4, -0.2) is 44.3 Å². The van der Waals surface area contributed by atoms with Crippen LogP contribution in [0.3, 0.4) is 0 Å². The van der Waals surface area contributed by atoms with Gasteiger partial charge in [-0.25, -0.2) is 17.8 Å². The first-order valence-electron chi connectivity index (χ1n) is 7.20. The molecule has 1 aliphatic heterocycles. The highest BCUT2D eigenvalue weighted by molar-refractivity contribution is 7.90. The minimum absolute atomic E-state index is 0.0287. The molecule has 0 atom stereocenters. The van der Waals surface area contributed by atoms with Gasteiger partial charge in [0.25, 0.3) is 10.0 Å². The van der Waals surface area contributed by atoms with E-state index in [1.165, 1.54) is 36.5 Å². The molecule has 0 aliphatic carbocycles. The molecule has 0 amide bonds. The molecule has 1 heterocycles. The highest BCUT2D eigenvalue weighted by atomic mass is 32.2. The molecule has 10 heteroatoms. The topological polar surface area (TPSA) is 111 Å². The van der Waals surface area contributed by atoms with E-state index in [0.717, 1.165) is 0 Å². The van der Waals surface area contributed by atoms with Gasteiger partial charge in [-0.2, -0.15) is 0 Å². The Kier molecular flexibility index (Phi) is 4.66. The fraction of sp³-hybridized carbons (Fsp3) is 0.0667. The molecule has 25 heavy (non-hydrogen) atoms. The van der Waals surface area contributed by atoms with Gasteiger partial charge < -0.3 is 10.0 Å². The van der Waals surface area contributed by atoms with Crippen LogP contribution < -0.4 is 10.2 Å². The summed E-state index contributed by atoms with van der Waals surface area (Å²) in [5, 5.41) is 18.3. The number of hydrogen-bond donors (Lipinski definition) is 3. The van der Waals surface area contributed by atoms with E-state index in [1.807, 2.05) is 0 Å². The van der Waals surface area contributed by atoms with Crippen molar-refractivity contribution in [3.63, 3.8) is 0 Å². The van der Waals surface area contributed by atoms with Crippen LogP contribution in [0.2, 0.25) is 0 Å². The summed E-state index contributed by atoms with van der Waals surface area (Å²) in [7, 11) is -5.56. The number of fused-ring (bicyclic) bond motifs is 1. The average molecular weight is 361 g/mol. The van der Waals surface area contributed by atoms with Crippen LogP contribution in [0.1, 0.15) is 11.1 Å². The average Bonchev–Trinajstić information content (AvgIpc) is 2.83. The molecule has 128 valence electrons. The second kappa shape index (κ2) is 6.75. The van der Waals surface area contributed by atoms with Crippen molar-refractivity contribution in [2.75, 3.05) is 6.67 Å². The minimum atomic E-state index is -3.80. The van der Waals surface area contributed by atoms with Gasteiger partial charge in [-0.1, -0.05) is 24.3 Å². The predicted molar refractivity (Wildman–Crippen MR) is 92.0 cm³/mol. The summed E-state index contributed by atoms with van der Waals surface area (Å²) in [6.45, 7) is -0.0287. The molecule has 0 unspecified atom stereocenters. The van der Waals surface area contributed by atoms with Crippen LogP contribution in [0.25, 0.3) is 0 Å². The zero-order valence-electron chi connectivity index (χ0n) is 12.8. The predicted octanol–water partition coefficient (Wildman–Crippen LogP) is -0.379. The summed E-state index contributed by atoms with van der Waals surface area (Å²) in [6.07, 6.45) is 1.50. The van der Waals surface area contributed by atoms with E-state index in [1.54, 1.807) is 12.1 Å². The molecule has 3 rings (SSSR count). The van der Waals surface area contributed by atoms with E-state index in [0.29, 0.717) is 11.1 Å². The van der Waals surface area contributed by atoms with Crippen molar-refractivity contribution in [1.82, 2.24) is 4.72 Å². The molecule has 0 saturated heterocycles. The molecule has 2 aromatic rings. The van der Waals surface area contributed by atoms with Gasteiger partial charge in [-0.3, -0.25) is 9.71 Å². The molecule has 7 nitrogen and oxygen atoms in total. The van der Waals surface area contributed by atoms with E-state index >= 15 is 0 Å². The first-order chi connectivity index (χ1) is 11.9. The Morgan fingerprint density at radius 3 is 2.56 bits per heavy atom. The summed E-state index contributed by atoms with van der Waals surface area (Å²) >= 11 is 0. The second-order valence-corrected chi connectivity index (χ2v) is 6.90. The minimum Gasteiger partial charge on any atom is -0.423 e. The Hall–Kier alpha value is -2.56. The Morgan fingerprint density at radius 2 is 1.88 bits per heavy atom. The number of aliphatic imine (C=N–C) groups is 2. The molecular formula is C15H13BFN3O4S. The van der Waals surface area contributed by atoms with Gasteiger partial charge in [0.1, 0.15) is 18.3 Å². The van der Waals surface area contributed by atoms with Gasteiger partial charge in [0.15, 0.2) is 0 Å². The first kappa shape index (κ1) is 17.3. The van der Waals surface area contributed by atoms with Crippen LogP contribution >= 0.6 is 0 Å². The van der Waals surface area contributed by atoms with Gasteiger partial charge in [-0.15, -0.1) is 0 Å². The standard InChI is InChI=1S/C15H13BFN3O4S/c17-12-4-1-10(2-5-12)8-18-9-19-15-13-6-3-11(16(21)22)7-14(13)25(23,24)20-15/h1-8,21-22H,9H2,(H,19,20). The Bertz CT molecular complexity index is 959. The van der Waals surface area contributed by atoms with Crippen LogP contribution in [0, 0.1) is 5.82 Å². The third kappa shape index (κ3) is 3.76. The zero-order chi connectivity index (χ0) is 18.0. The summed E-state index contributed by atoms with van der Waals surface area (Å²) in [5.41, 5.74) is 1.09. The monoisotopic (exact) mass is 361 g/mol. The normalized spacial score (nSPS) is 16.8. The lowest BCUT2D eigenvalue weighted by Crippen LogP contribution is -2.30. The molecule has 3 N–H and O–H groups in total. The number of hydrogen-bond acceptors (Lipinski definition) is 6. The fourth-order valence-corrected chi connectivity index (χ4v) is 3.56. The van der Waals surface area contributed by atoms with E-state index in [2.05, 4.69) is 14.7 Å². The van der Waals surface area contributed by atoms with Crippen molar-refractivity contribution in [2.45, 2.75) is 4.90 Å². The number of halogens is 1. The SMILES string of the molecule is O=S1(=O)NC(=NCN=Cc2ccc(F)cc2)c2ccc(B(O)O)cc21. The molecule has 2 aromatic carbocycles. The maximum absolute atomic E-state index is 12.8. The fourth-order valence-electron chi connectivity index (χ4n) is 2.28. The van der Waals surface area contributed by atoms with Crippen molar-refractivity contribution >= 4 is 34.7 Å². The van der Waals surface area contributed by atoms with Crippen molar-refractivity contribution in [3.8, 4) is 0 Å². The molecule has 1 aliphatic rings. The number of nitrogens with zero attached hydrogens (tertiary/aromatic N) is 2. The lowest BCUT2D eigenvalue weighted by molar-refractivity contribution is 0.425. The summed E-state index contributed by atoms with van der Waals surface area (Å²) in [6, 6.07) is 9.77. The van der Waals surface area contributed by atoms with Gasteiger partial charge in [-0.05, 0) is 29.2 Å². The third-order valence-corrected chi connectivity index (χ3v) is 4.88. The number of amidine groups is 1. The van der Waals surface area contributed by atoms with Gasteiger partial charge in [0, 0.05) is 11.8 Å². The van der Waals surface area contributed by atoms with Gasteiger partial charge >= 0.3 is 7.12 Å². The van der Waals surface area contributed by atoms with Crippen molar-refractivity contribution < 1.29 is 22.9 Å². The van der Waals surface area contributed by atoms with E-state index in [9.17, 15) is 12.8 Å². The lowest BCUT2D eigenvalue weighted by atomic mass is 9.80. The highest BCUT2D eigenvalue weighted by Gasteiger charge is 2.32. The Morgan fingerprint density at radius 1 is 1.16 bits per heavy atom. The van der Waals surface area contributed by atoms with Crippen LogP contribution in [0.4, 0.5) is 4.39 Å². The maximum Gasteiger partial charge on any atom is 0.488 e. The van der Waals surface area contributed by atoms with Crippen LogP contribution in [0.5, 0.6) is 0 Å². The largest absolute Gasteiger partial charge is 0.488 e. The third-order valence-electron chi connectivity index (χ3n) is 3.50. The molecule has 0 radical (unpaired) electrons. The zero-order valence-corrected chi connectivity index (χ0v) is 13.6. The Labute approximate surface area is 143 Å². The van der Waals surface area contributed by atoms with Crippen molar-refractivity contribution in [2.24, 2.45) is 9.98 Å². The smallest absolute Gasteiger partial charge is 0.423 e. The molecule has 0 saturated carbocycles. The van der Waals surface area contributed by atoms with Crippen LogP contribution in [-0.2, 0) is 10.0 Å². The summed E-state index contributed by atoms with van der Waals surface area (Å²) < 4.78 is 39.3. The highest BCUT2D eigenvalue weighted by Crippen LogP contribution is 2.21. The second-order valence-electron chi connectivity index (χ2n) is 5.25. The summed E-state index contributed by atoms with van der Waals surface area (Å²) in [4.78, 5) is 8.08. The Balaban J connectivity index is 1.80. The van der Waals surface area contributed by atoms with E-state index in [-0.39, 0.29) is 28.7 Å². The van der Waals surface area contributed by atoms with Gasteiger partial charge in [0.05, 0.1) is 4.90 Å². The molecule has 0 fully saturated rings. The van der Waals surface area contributed by atoms with Crippen molar-refractivity contribution in [3.05, 3.63) is 59.4 Å². The number of nitrogens with one attached hydrogen (secondary N) is 1. The maximum atomic E-state index is 12.8. The lowest BCUT2D eigenvalue weighted by Gasteiger charge is -2.01. The van der Waals surface area contributed by atoms with E-state index in [4.69, 9.17) is 10.0 Å². The molecule has 0 bridgehead atoms. The first-order valence-corrected chi connectivity index (χ1v) is 8.68. The van der Waals surface area contributed by atoms with E-state index < -0.39 is 17.1 Å². The quantitative estimate of drug-likeness (QED) is 0.509. The van der Waals surface area contributed by atoms with Crippen molar-refractivity contribution in [1.29, 1.82) is 0 Å². The van der Waals surface area contributed by atoms with Gasteiger partial charge in [0.2, 0.25) is 0 Å². The summed E-state index contributed by atoms with van der Waals surface area (Å²) in [5.74, 6) is -0.216. The van der Waals surface area contributed by atoms with Crippen LogP contribution in [0.15, 0.2) is 57.3 Å². The number of sulfonamides is 1.